The zero-order valence-electron chi connectivity index (χ0n) is 15.7. The van der Waals surface area contributed by atoms with Crippen LogP contribution in [0.25, 0.3) is 5.69 Å². The summed E-state index contributed by atoms with van der Waals surface area (Å²) in [4.78, 5) is 7.37. The molecule has 0 spiro atoms. The Morgan fingerprint density at radius 3 is 2.57 bits per heavy atom. The quantitative estimate of drug-likeness (QED) is 0.670. The van der Waals surface area contributed by atoms with Crippen LogP contribution in [0, 0.1) is 0 Å². The molecule has 0 bridgehead atoms. The van der Waals surface area contributed by atoms with Gasteiger partial charge in [-0.1, -0.05) is 48.4 Å². The third-order valence-electron chi connectivity index (χ3n) is 5.49. The Morgan fingerprint density at radius 2 is 1.75 bits per heavy atom. The van der Waals surface area contributed by atoms with Gasteiger partial charge in [0, 0.05) is 16.1 Å². The van der Waals surface area contributed by atoms with Crippen LogP contribution in [0.2, 0.25) is 5.02 Å². The number of nitrogens with zero attached hydrogens (tertiary/aromatic N) is 5. The lowest BCUT2D eigenvalue weighted by molar-refractivity contribution is 0.214. The maximum atomic E-state index is 6.38. The van der Waals surface area contributed by atoms with Gasteiger partial charge >= 0.3 is 0 Å². The fraction of sp³-hybridized carbons (Fsp3) is 0.318. The molecule has 1 aromatic heterocycles. The molecule has 0 aliphatic carbocycles. The van der Waals surface area contributed by atoms with E-state index in [1.165, 1.54) is 19.3 Å². The Labute approximate surface area is 169 Å². The molecule has 1 fully saturated rings. The molecular formula is C22H22ClN5. The predicted molar refractivity (Wildman–Crippen MR) is 111 cm³/mol. The monoisotopic (exact) mass is 391 g/mol. The molecule has 0 amide bonds. The Morgan fingerprint density at radius 1 is 0.929 bits per heavy atom. The molecule has 142 valence electrons. The van der Waals surface area contributed by atoms with Gasteiger partial charge in [0.1, 0.15) is 6.54 Å². The summed E-state index contributed by atoms with van der Waals surface area (Å²) in [5, 5.41) is 9.70. The number of aromatic nitrogens is 3. The van der Waals surface area contributed by atoms with Crippen molar-refractivity contribution in [1.82, 2.24) is 19.7 Å². The highest BCUT2D eigenvalue weighted by Crippen LogP contribution is 2.28. The van der Waals surface area contributed by atoms with E-state index < -0.39 is 0 Å². The van der Waals surface area contributed by atoms with Crippen molar-refractivity contribution in [2.24, 2.45) is 4.99 Å². The molecule has 3 aromatic rings. The van der Waals surface area contributed by atoms with Gasteiger partial charge in [-0.25, -0.2) is 0 Å². The number of hydrogen-bond donors (Lipinski definition) is 0. The summed E-state index contributed by atoms with van der Waals surface area (Å²) in [6.45, 7) is 3.57. The largest absolute Gasteiger partial charge is 0.296 e. The summed E-state index contributed by atoms with van der Waals surface area (Å²) in [7, 11) is 0. The van der Waals surface area contributed by atoms with E-state index in [0.29, 0.717) is 11.6 Å². The Balaban J connectivity index is 1.61. The maximum Gasteiger partial charge on any atom is 0.159 e. The van der Waals surface area contributed by atoms with Gasteiger partial charge < -0.3 is 0 Å². The average Bonchev–Trinajstić information content (AvgIpc) is 3.04. The standard InChI is InChI=1S/C22H22ClN5/c23-17-9-10-19-18(13-17)22(16-7-3-1-4-8-16)24-14-20-25-26-21(28(19)20)15-27-11-5-2-6-12-27/h1,3-4,7-10,13H,2,5-6,11-12,14-15H2. The molecule has 1 saturated heterocycles. The van der Waals surface area contributed by atoms with Crippen LogP contribution in [0.15, 0.2) is 53.5 Å². The summed E-state index contributed by atoms with van der Waals surface area (Å²) in [6, 6.07) is 16.3. The zero-order valence-corrected chi connectivity index (χ0v) is 16.4. The van der Waals surface area contributed by atoms with Crippen LogP contribution >= 0.6 is 11.6 Å². The summed E-state index contributed by atoms with van der Waals surface area (Å²) < 4.78 is 2.18. The average molecular weight is 392 g/mol. The van der Waals surface area contributed by atoms with E-state index in [1.54, 1.807) is 0 Å². The first-order chi connectivity index (χ1) is 13.8. The van der Waals surface area contributed by atoms with E-state index >= 15 is 0 Å². The molecule has 5 nitrogen and oxygen atoms in total. The third kappa shape index (κ3) is 3.25. The number of fused-ring (bicyclic) bond motifs is 3. The highest BCUT2D eigenvalue weighted by atomic mass is 35.5. The minimum atomic E-state index is 0.503. The van der Waals surface area contributed by atoms with Gasteiger partial charge in [0.05, 0.1) is 17.9 Å². The predicted octanol–water partition coefficient (Wildman–Crippen LogP) is 4.26. The molecule has 2 aliphatic heterocycles. The fourth-order valence-corrected chi connectivity index (χ4v) is 4.30. The van der Waals surface area contributed by atoms with Crippen LogP contribution in [0.4, 0.5) is 0 Å². The van der Waals surface area contributed by atoms with Crippen molar-refractivity contribution in [2.75, 3.05) is 13.1 Å². The first kappa shape index (κ1) is 17.6. The van der Waals surface area contributed by atoms with Crippen LogP contribution in [0.3, 0.4) is 0 Å². The number of piperidine rings is 1. The molecule has 6 heteroatoms. The molecule has 2 aliphatic rings. The normalized spacial score (nSPS) is 16.8. The molecular weight excluding hydrogens is 370 g/mol. The minimum absolute atomic E-state index is 0.503. The summed E-state index contributed by atoms with van der Waals surface area (Å²) >= 11 is 6.38. The lowest BCUT2D eigenvalue weighted by Gasteiger charge is -2.26. The summed E-state index contributed by atoms with van der Waals surface area (Å²) in [5.74, 6) is 1.85. The Kier molecular flexibility index (Phi) is 4.71. The van der Waals surface area contributed by atoms with Crippen LogP contribution in [-0.4, -0.2) is 38.5 Å². The van der Waals surface area contributed by atoms with Crippen molar-refractivity contribution in [3.05, 3.63) is 76.3 Å². The molecule has 0 saturated carbocycles. The Bertz CT molecular complexity index is 1020. The van der Waals surface area contributed by atoms with Crippen LogP contribution in [-0.2, 0) is 13.1 Å². The molecule has 0 radical (unpaired) electrons. The van der Waals surface area contributed by atoms with Gasteiger partial charge in [0.25, 0.3) is 0 Å². The van der Waals surface area contributed by atoms with Gasteiger partial charge in [-0.2, -0.15) is 0 Å². The molecule has 0 atom stereocenters. The van der Waals surface area contributed by atoms with Crippen LogP contribution in [0.1, 0.15) is 42.0 Å². The van der Waals surface area contributed by atoms with E-state index in [2.05, 4.69) is 37.9 Å². The molecule has 5 rings (SSSR count). The fourth-order valence-electron chi connectivity index (χ4n) is 4.12. The molecule has 2 aromatic carbocycles. The minimum Gasteiger partial charge on any atom is -0.296 e. The summed E-state index contributed by atoms with van der Waals surface area (Å²) in [6.07, 6.45) is 3.84. The van der Waals surface area contributed by atoms with Crippen molar-refractivity contribution in [1.29, 1.82) is 0 Å². The highest BCUT2D eigenvalue weighted by Gasteiger charge is 2.24. The Hall–Kier alpha value is -2.50. The van der Waals surface area contributed by atoms with Gasteiger partial charge in [-0.05, 0) is 44.1 Å². The lowest BCUT2D eigenvalue weighted by Crippen LogP contribution is -2.30. The molecule has 28 heavy (non-hydrogen) atoms. The van der Waals surface area contributed by atoms with Crippen molar-refractivity contribution in [2.45, 2.75) is 32.4 Å². The molecule has 0 unspecified atom stereocenters. The number of aliphatic imine (C=N–C) groups is 1. The number of hydrogen-bond acceptors (Lipinski definition) is 4. The van der Waals surface area contributed by atoms with E-state index in [1.807, 2.05) is 30.3 Å². The third-order valence-corrected chi connectivity index (χ3v) is 5.73. The van der Waals surface area contributed by atoms with Gasteiger partial charge in [0.15, 0.2) is 11.6 Å². The second-order valence-corrected chi connectivity index (χ2v) is 7.83. The number of benzene rings is 2. The second kappa shape index (κ2) is 7.49. The highest BCUT2D eigenvalue weighted by molar-refractivity contribution is 6.31. The van der Waals surface area contributed by atoms with E-state index in [0.717, 1.165) is 53.8 Å². The van der Waals surface area contributed by atoms with Gasteiger partial charge in [-0.15, -0.1) is 10.2 Å². The lowest BCUT2D eigenvalue weighted by atomic mass is 10.0. The van der Waals surface area contributed by atoms with Crippen molar-refractivity contribution >= 4 is 17.3 Å². The van der Waals surface area contributed by atoms with Gasteiger partial charge in [0.2, 0.25) is 0 Å². The summed E-state index contributed by atoms with van der Waals surface area (Å²) in [5.41, 5.74) is 4.11. The number of likely N-dealkylation sites (tertiary alicyclic amines) is 1. The molecule has 0 N–H and O–H groups in total. The number of rotatable bonds is 3. The van der Waals surface area contributed by atoms with Crippen molar-refractivity contribution in [3.8, 4) is 5.69 Å². The van der Waals surface area contributed by atoms with Gasteiger partial charge in [-0.3, -0.25) is 14.5 Å². The zero-order chi connectivity index (χ0) is 18.9. The second-order valence-electron chi connectivity index (χ2n) is 7.40. The van der Waals surface area contributed by atoms with Crippen LogP contribution < -0.4 is 0 Å². The maximum absolute atomic E-state index is 6.38. The number of halogens is 1. The van der Waals surface area contributed by atoms with E-state index in [4.69, 9.17) is 16.6 Å². The van der Waals surface area contributed by atoms with E-state index in [-0.39, 0.29) is 0 Å². The smallest absolute Gasteiger partial charge is 0.159 e. The van der Waals surface area contributed by atoms with E-state index in [9.17, 15) is 0 Å². The van der Waals surface area contributed by atoms with Crippen molar-refractivity contribution in [3.63, 3.8) is 0 Å². The SMILES string of the molecule is Clc1ccc2c(c1)C(c1ccccc1)=NCc1nnc(CN3CCCCC3)n1-2. The van der Waals surface area contributed by atoms with Crippen molar-refractivity contribution < 1.29 is 0 Å². The topological polar surface area (TPSA) is 46.3 Å². The first-order valence-corrected chi connectivity index (χ1v) is 10.2. The van der Waals surface area contributed by atoms with Crippen LogP contribution in [0.5, 0.6) is 0 Å². The first-order valence-electron chi connectivity index (χ1n) is 9.85. The molecule has 3 heterocycles.